The van der Waals surface area contributed by atoms with Crippen LogP contribution < -0.4 is 5.32 Å². The minimum absolute atomic E-state index is 0.0200. The number of alkyl carbamates (subject to hydrolysis) is 1. The third kappa shape index (κ3) is 4.86. The van der Waals surface area contributed by atoms with Gasteiger partial charge in [-0.2, -0.15) is 8.78 Å². The Morgan fingerprint density at radius 1 is 0.979 bits per heavy atom. The number of halogens is 2. The Morgan fingerprint density at radius 2 is 1.65 bits per heavy atom. The number of carbonyl (C=O) groups is 2. The zero-order chi connectivity index (χ0) is 33.5. The van der Waals surface area contributed by atoms with Gasteiger partial charge in [0.05, 0.1) is 36.1 Å². The maximum absolute atomic E-state index is 16.2. The second-order valence-electron chi connectivity index (χ2n) is 13.9. The van der Waals surface area contributed by atoms with Crippen LogP contribution in [0.5, 0.6) is 0 Å². The van der Waals surface area contributed by atoms with Crippen LogP contribution in [0.25, 0.3) is 44.5 Å². The molecule has 3 N–H and O–H groups in total. The molecule has 1 aliphatic heterocycles. The van der Waals surface area contributed by atoms with Gasteiger partial charge in [0.15, 0.2) is 0 Å². The maximum atomic E-state index is 16.2. The van der Waals surface area contributed by atoms with Crippen molar-refractivity contribution in [1.82, 2.24) is 30.2 Å². The SMILES string of the molecule is COC(=O)NC(C(=O)N1CC2(CC2)CC1c1ncc(-c2ccc3c(c2)C(F)(F)c2cc(-c4ccc5nc(C)[nH]c5c4)ccc2-3)[nH]1)C(C)C. The third-order valence-electron chi connectivity index (χ3n) is 10.3. The van der Waals surface area contributed by atoms with Crippen LogP contribution in [0.2, 0.25) is 0 Å². The van der Waals surface area contributed by atoms with Crippen molar-refractivity contribution < 1.29 is 23.1 Å². The van der Waals surface area contributed by atoms with E-state index in [4.69, 9.17) is 4.74 Å². The predicted molar refractivity (Wildman–Crippen MR) is 177 cm³/mol. The van der Waals surface area contributed by atoms with Crippen molar-refractivity contribution in [2.45, 2.75) is 58.0 Å². The number of hydrogen-bond donors (Lipinski definition) is 3. The van der Waals surface area contributed by atoms with Gasteiger partial charge in [0.1, 0.15) is 17.7 Å². The molecule has 8 rings (SSSR count). The van der Waals surface area contributed by atoms with Gasteiger partial charge in [-0.1, -0.05) is 44.2 Å². The number of benzene rings is 3. The van der Waals surface area contributed by atoms with Crippen LogP contribution in [0, 0.1) is 18.3 Å². The summed E-state index contributed by atoms with van der Waals surface area (Å²) in [7, 11) is 1.27. The number of fused-ring (bicyclic) bond motifs is 4. The molecule has 2 atom stereocenters. The van der Waals surface area contributed by atoms with Crippen molar-refractivity contribution in [2.75, 3.05) is 13.7 Å². The van der Waals surface area contributed by atoms with E-state index in [1.54, 1.807) is 30.5 Å². The summed E-state index contributed by atoms with van der Waals surface area (Å²) in [6.07, 6.45) is 3.79. The number of carbonyl (C=O) groups excluding carboxylic acids is 2. The fraction of sp³-hybridized carbons (Fsp3) is 0.351. The van der Waals surface area contributed by atoms with Crippen LogP contribution in [0.4, 0.5) is 13.6 Å². The molecule has 9 nitrogen and oxygen atoms in total. The monoisotopic (exact) mass is 650 g/mol. The predicted octanol–water partition coefficient (Wildman–Crippen LogP) is 7.48. The van der Waals surface area contributed by atoms with E-state index in [2.05, 4.69) is 25.3 Å². The number of nitrogens with one attached hydrogen (secondary N) is 3. The number of rotatable bonds is 6. The molecule has 2 aromatic heterocycles. The lowest BCUT2D eigenvalue weighted by Crippen LogP contribution is -2.51. The number of H-pyrrole nitrogens is 2. The third-order valence-corrected chi connectivity index (χ3v) is 10.3. The van der Waals surface area contributed by atoms with Gasteiger partial charge in [0.25, 0.3) is 5.92 Å². The lowest BCUT2D eigenvalue weighted by atomic mass is 9.98. The van der Waals surface area contributed by atoms with Gasteiger partial charge < -0.3 is 24.9 Å². The second kappa shape index (κ2) is 10.7. The van der Waals surface area contributed by atoms with Crippen LogP contribution in [0.1, 0.15) is 61.9 Å². The highest BCUT2D eigenvalue weighted by atomic mass is 19.3. The number of hydrogen-bond acceptors (Lipinski definition) is 5. The van der Waals surface area contributed by atoms with Crippen LogP contribution in [-0.2, 0) is 15.5 Å². The van der Waals surface area contributed by atoms with E-state index in [9.17, 15) is 9.59 Å². The standard InChI is InChI=1S/C37H36F2N6O3/c1-19(2)32(44-35(47)48-4)34(46)45-18-36(11-12-36)16-31(45)33-40-17-30(43-33)23-6-9-25-24-8-5-21(13-26(24)37(38,39)27(25)14-23)22-7-10-28-29(15-22)42-20(3)41-28/h5-10,13-15,17,19,31-32H,11-12,16,18H2,1-4H3,(H,40,43)(H,41,42)(H,44,47). The van der Waals surface area contributed by atoms with E-state index in [1.165, 1.54) is 7.11 Å². The quantitative estimate of drug-likeness (QED) is 0.176. The molecule has 2 fully saturated rings. The summed E-state index contributed by atoms with van der Waals surface area (Å²) >= 11 is 0. The zero-order valence-corrected chi connectivity index (χ0v) is 27.2. The molecule has 2 aliphatic carbocycles. The Kier molecular flexibility index (Phi) is 6.77. The van der Waals surface area contributed by atoms with Crippen LogP contribution in [-0.4, -0.2) is 56.5 Å². The second-order valence-corrected chi connectivity index (χ2v) is 13.9. The van der Waals surface area contributed by atoms with Gasteiger partial charge in [-0.3, -0.25) is 4.79 Å². The smallest absolute Gasteiger partial charge is 0.407 e. The average molecular weight is 651 g/mol. The van der Waals surface area contributed by atoms with Crippen molar-refractivity contribution >= 4 is 23.0 Å². The van der Waals surface area contributed by atoms with Crippen LogP contribution >= 0.6 is 0 Å². The summed E-state index contributed by atoms with van der Waals surface area (Å²) in [4.78, 5) is 43.4. The summed E-state index contributed by atoms with van der Waals surface area (Å²) < 4.78 is 37.2. The lowest BCUT2D eigenvalue weighted by Gasteiger charge is -2.30. The first-order valence-electron chi connectivity index (χ1n) is 16.3. The number of imidazole rings is 2. The molecule has 3 aromatic carbocycles. The van der Waals surface area contributed by atoms with Gasteiger partial charge in [0, 0.05) is 23.2 Å². The summed E-state index contributed by atoms with van der Waals surface area (Å²) in [5.41, 5.74) is 5.42. The van der Waals surface area contributed by atoms with E-state index in [1.807, 2.05) is 56.0 Å². The number of aromatic nitrogens is 4. The molecule has 11 heteroatoms. The number of aromatic amines is 2. The van der Waals surface area contributed by atoms with Crippen molar-refractivity contribution in [3.63, 3.8) is 0 Å². The first kappa shape index (κ1) is 30.3. The highest BCUT2D eigenvalue weighted by molar-refractivity contribution is 5.88. The van der Waals surface area contributed by atoms with Crippen LogP contribution in [0.3, 0.4) is 0 Å². The molecule has 3 aliphatic rings. The average Bonchev–Trinajstić information content (AvgIpc) is 3.38. The minimum atomic E-state index is -3.19. The number of methoxy groups -OCH3 is 1. The highest BCUT2D eigenvalue weighted by Gasteiger charge is 2.55. The van der Waals surface area contributed by atoms with Gasteiger partial charge in [-0.05, 0) is 84.0 Å². The number of alkyl halides is 2. The van der Waals surface area contributed by atoms with Gasteiger partial charge in [0.2, 0.25) is 5.91 Å². The zero-order valence-electron chi connectivity index (χ0n) is 27.2. The normalized spacial score (nSPS) is 19.1. The van der Waals surface area contributed by atoms with Crippen LogP contribution in [0.15, 0.2) is 60.8 Å². The number of nitrogens with zero attached hydrogens (tertiary/aromatic N) is 3. The molecule has 0 radical (unpaired) electrons. The summed E-state index contributed by atoms with van der Waals surface area (Å²) in [5.74, 6) is -2.13. The van der Waals surface area contributed by atoms with Crippen molar-refractivity contribution in [3.05, 3.63) is 83.6 Å². The van der Waals surface area contributed by atoms with E-state index in [0.29, 0.717) is 40.3 Å². The Bertz CT molecular complexity index is 2110. The first-order chi connectivity index (χ1) is 23.0. The topological polar surface area (TPSA) is 116 Å². The molecular formula is C37H36F2N6O3. The Morgan fingerprint density at radius 3 is 2.33 bits per heavy atom. The van der Waals surface area contributed by atoms with E-state index < -0.39 is 18.1 Å². The van der Waals surface area contributed by atoms with Gasteiger partial charge in [-0.15, -0.1) is 0 Å². The van der Waals surface area contributed by atoms with Gasteiger partial charge >= 0.3 is 6.09 Å². The van der Waals surface area contributed by atoms with Crippen molar-refractivity contribution in [3.8, 4) is 33.5 Å². The van der Waals surface area contributed by atoms with E-state index in [-0.39, 0.29) is 34.4 Å². The molecule has 3 heterocycles. The molecule has 1 spiro atoms. The first-order valence-corrected chi connectivity index (χ1v) is 16.3. The summed E-state index contributed by atoms with van der Waals surface area (Å²) in [6.45, 7) is 6.23. The fourth-order valence-electron chi connectivity index (χ4n) is 7.49. The van der Waals surface area contributed by atoms with E-state index >= 15 is 8.78 Å². The summed E-state index contributed by atoms with van der Waals surface area (Å²) in [5, 5.41) is 2.70. The molecule has 2 unspecified atom stereocenters. The molecule has 48 heavy (non-hydrogen) atoms. The molecule has 246 valence electrons. The molecule has 1 saturated carbocycles. The molecule has 0 bridgehead atoms. The Hall–Kier alpha value is -5.06. The Balaban J connectivity index is 1.08. The number of likely N-dealkylation sites (tertiary alicyclic amines) is 1. The molecular weight excluding hydrogens is 614 g/mol. The fourth-order valence-corrected chi connectivity index (χ4v) is 7.49. The lowest BCUT2D eigenvalue weighted by molar-refractivity contribution is -0.135. The molecule has 2 amide bonds. The molecule has 5 aromatic rings. The number of aryl methyl sites for hydroxylation is 1. The number of amides is 2. The molecule has 1 saturated heterocycles. The van der Waals surface area contributed by atoms with Crippen molar-refractivity contribution in [1.29, 1.82) is 0 Å². The largest absolute Gasteiger partial charge is 0.453 e. The summed E-state index contributed by atoms with van der Waals surface area (Å²) in [6, 6.07) is 15.0. The number of ether oxygens (including phenoxy) is 1. The highest BCUT2D eigenvalue weighted by Crippen LogP contribution is 2.58. The van der Waals surface area contributed by atoms with Crippen molar-refractivity contribution in [2.24, 2.45) is 11.3 Å². The maximum Gasteiger partial charge on any atom is 0.407 e. The van der Waals surface area contributed by atoms with Gasteiger partial charge in [-0.25, -0.2) is 14.8 Å². The minimum Gasteiger partial charge on any atom is -0.453 e. The van der Waals surface area contributed by atoms with E-state index in [0.717, 1.165) is 41.7 Å². The Labute approximate surface area is 276 Å².